The number of nitrogens with zero attached hydrogens (tertiary/aromatic N) is 2. The highest BCUT2D eigenvalue weighted by Gasteiger charge is 2.44. The zero-order valence-corrected chi connectivity index (χ0v) is 14.2. The van der Waals surface area contributed by atoms with Crippen LogP contribution in [0.4, 0.5) is 10.5 Å². The van der Waals surface area contributed by atoms with E-state index >= 15 is 0 Å². The van der Waals surface area contributed by atoms with Gasteiger partial charge in [0.15, 0.2) is 0 Å². The van der Waals surface area contributed by atoms with Crippen LogP contribution in [0.3, 0.4) is 0 Å². The molecule has 0 unspecified atom stereocenters. The molecule has 0 bridgehead atoms. The molecule has 0 saturated carbocycles. The molecule has 6 heteroatoms. The lowest BCUT2D eigenvalue weighted by Crippen LogP contribution is -2.39. The Morgan fingerprint density at radius 3 is 2.44 bits per heavy atom. The highest BCUT2D eigenvalue weighted by molar-refractivity contribution is 5.87. The van der Waals surface area contributed by atoms with E-state index in [-0.39, 0.29) is 18.2 Å². The summed E-state index contributed by atoms with van der Waals surface area (Å²) in [6, 6.07) is 16.5. The Morgan fingerprint density at radius 1 is 1.12 bits per heavy atom. The topological polar surface area (TPSA) is 70.1 Å². The van der Waals surface area contributed by atoms with Crippen LogP contribution in [0.5, 0.6) is 5.75 Å². The molecule has 0 aliphatic carbocycles. The standard InChI is InChI=1S/C19H20N2O4/c1-19(2)13-21(15-9-4-3-5-10-15)20(17(19)22)12-14-8-6-7-11-16(14)25-18(23)24/h3-11H,12-13H2,1-2H3,(H,23,24). The molecular weight excluding hydrogens is 320 g/mol. The number of carbonyl (C=O) groups is 2. The fourth-order valence-electron chi connectivity index (χ4n) is 2.96. The van der Waals surface area contributed by atoms with Gasteiger partial charge in [-0.15, -0.1) is 0 Å². The lowest BCUT2D eigenvalue weighted by Gasteiger charge is -2.30. The van der Waals surface area contributed by atoms with Crippen molar-refractivity contribution >= 4 is 17.7 Å². The van der Waals surface area contributed by atoms with E-state index in [9.17, 15) is 9.59 Å². The molecule has 1 aliphatic rings. The largest absolute Gasteiger partial charge is 0.511 e. The smallest absolute Gasteiger partial charge is 0.449 e. The second kappa shape index (κ2) is 6.47. The molecule has 3 rings (SSSR count). The SMILES string of the molecule is CC1(C)CN(c2ccccc2)N(Cc2ccccc2OC(=O)O)C1=O. The molecular formula is C19H20N2O4. The van der Waals surface area contributed by atoms with Crippen molar-refractivity contribution in [3.05, 3.63) is 60.2 Å². The number of carbonyl (C=O) groups excluding carboxylic acids is 1. The average Bonchev–Trinajstić information content (AvgIpc) is 2.80. The highest BCUT2D eigenvalue weighted by atomic mass is 16.7. The van der Waals surface area contributed by atoms with Gasteiger partial charge in [0, 0.05) is 5.56 Å². The lowest BCUT2D eigenvalue weighted by atomic mass is 9.94. The maximum absolute atomic E-state index is 12.9. The molecule has 2 aromatic carbocycles. The van der Waals surface area contributed by atoms with Gasteiger partial charge in [-0.2, -0.15) is 0 Å². The highest BCUT2D eigenvalue weighted by Crippen LogP contribution is 2.35. The van der Waals surface area contributed by atoms with Gasteiger partial charge in [0.05, 0.1) is 24.2 Å². The molecule has 6 nitrogen and oxygen atoms in total. The van der Waals surface area contributed by atoms with E-state index in [0.29, 0.717) is 12.1 Å². The Labute approximate surface area is 146 Å². The van der Waals surface area contributed by atoms with Gasteiger partial charge in [0.1, 0.15) is 5.75 Å². The fourth-order valence-corrected chi connectivity index (χ4v) is 2.96. The Hall–Kier alpha value is -3.02. The van der Waals surface area contributed by atoms with Crippen molar-refractivity contribution in [3.8, 4) is 5.75 Å². The first-order valence-electron chi connectivity index (χ1n) is 8.01. The third-order valence-corrected chi connectivity index (χ3v) is 4.19. The minimum Gasteiger partial charge on any atom is -0.449 e. The molecule has 0 aromatic heterocycles. The molecule has 1 fully saturated rings. The molecule has 1 saturated heterocycles. The zero-order chi connectivity index (χ0) is 18.0. The summed E-state index contributed by atoms with van der Waals surface area (Å²) >= 11 is 0. The lowest BCUT2D eigenvalue weighted by molar-refractivity contribution is -0.135. The molecule has 1 heterocycles. The first-order chi connectivity index (χ1) is 11.9. The predicted octanol–water partition coefficient (Wildman–Crippen LogP) is 3.53. The van der Waals surface area contributed by atoms with Crippen LogP contribution in [0.1, 0.15) is 19.4 Å². The van der Waals surface area contributed by atoms with Gasteiger partial charge in [-0.05, 0) is 32.0 Å². The molecule has 1 aliphatic heterocycles. The zero-order valence-electron chi connectivity index (χ0n) is 14.2. The van der Waals surface area contributed by atoms with Crippen molar-refractivity contribution in [2.45, 2.75) is 20.4 Å². The van der Waals surface area contributed by atoms with Gasteiger partial charge in [-0.25, -0.2) is 9.80 Å². The molecule has 130 valence electrons. The van der Waals surface area contributed by atoms with Crippen LogP contribution < -0.4 is 9.75 Å². The summed E-state index contributed by atoms with van der Waals surface area (Å²) in [7, 11) is 0. The molecule has 2 aromatic rings. The van der Waals surface area contributed by atoms with Crippen molar-refractivity contribution in [2.24, 2.45) is 5.41 Å². The van der Waals surface area contributed by atoms with Crippen LogP contribution in [-0.2, 0) is 11.3 Å². The van der Waals surface area contributed by atoms with E-state index < -0.39 is 11.6 Å². The summed E-state index contributed by atoms with van der Waals surface area (Å²) in [5.74, 6) is 0.224. The van der Waals surface area contributed by atoms with Crippen molar-refractivity contribution in [2.75, 3.05) is 11.6 Å². The second-order valence-electron chi connectivity index (χ2n) is 6.62. The van der Waals surface area contributed by atoms with Gasteiger partial charge in [0.2, 0.25) is 5.91 Å². The number of para-hydroxylation sites is 2. The van der Waals surface area contributed by atoms with E-state index in [1.165, 1.54) is 0 Å². The van der Waals surface area contributed by atoms with E-state index in [1.54, 1.807) is 29.3 Å². The third kappa shape index (κ3) is 3.42. The van der Waals surface area contributed by atoms with Crippen molar-refractivity contribution in [1.29, 1.82) is 0 Å². The Kier molecular flexibility index (Phi) is 4.35. The molecule has 1 N–H and O–H groups in total. The summed E-state index contributed by atoms with van der Waals surface area (Å²) in [6.45, 7) is 4.61. The van der Waals surface area contributed by atoms with Crippen LogP contribution in [0.2, 0.25) is 0 Å². The van der Waals surface area contributed by atoms with E-state index in [0.717, 1.165) is 5.69 Å². The number of benzene rings is 2. The number of hydrazine groups is 1. The Morgan fingerprint density at radius 2 is 1.76 bits per heavy atom. The van der Waals surface area contributed by atoms with Gasteiger partial charge in [-0.3, -0.25) is 9.80 Å². The van der Waals surface area contributed by atoms with Gasteiger partial charge in [-0.1, -0.05) is 36.4 Å². The van der Waals surface area contributed by atoms with Crippen LogP contribution >= 0.6 is 0 Å². The molecule has 0 radical (unpaired) electrons. The number of ether oxygens (including phenoxy) is 1. The minimum atomic E-state index is -1.37. The van der Waals surface area contributed by atoms with E-state index in [4.69, 9.17) is 9.84 Å². The van der Waals surface area contributed by atoms with E-state index in [1.807, 2.05) is 49.2 Å². The maximum Gasteiger partial charge on any atom is 0.511 e. The van der Waals surface area contributed by atoms with Gasteiger partial charge in [0.25, 0.3) is 0 Å². The van der Waals surface area contributed by atoms with Crippen molar-refractivity contribution in [3.63, 3.8) is 0 Å². The minimum absolute atomic E-state index is 0.0125. The Balaban J connectivity index is 1.94. The van der Waals surface area contributed by atoms with E-state index in [2.05, 4.69) is 0 Å². The number of hydrogen-bond donors (Lipinski definition) is 1. The monoisotopic (exact) mass is 340 g/mol. The molecule has 25 heavy (non-hydrogen) atoms. The first kappa shape index (κ1) is 16.8. The summed E-state index contributed by atoms with van der Waals surface area (Å²) in [5, 5.41) is 12.5. The number of hydrogen-bond acceptors (Lipinski definition) is 4. The number of carboxylic acid groups (broad SMARTS) is 1. The summed E-state index contributed by atoms with van der Waals surface area (Å²) in [6.07, 6.45) is -1.37. The normalized spacial score (nSPS) is 16.2. The van der Waals surface area contributed by atoms with Crippen molar-refractivity contribution < 1.29 is 19.4 Å². The molecule has 1 amide bonds. The third-order valence-electron chi connectivity index (χ3n) is 4.19. The number of rotatable bonds is 4. The predicted molar refractivity (Wildman–Crippen MR) is 93.2 cm³/mol. The molecule has 0 spiro atoms. The fraction of sp³-hybridized carbons (Fsp3) is 0.263. The number of amides is 1. The van der Waals surface area contributed by atoms with Crippen LogP contribution in [0.25, 0.3) is 0 Å². The second-order valence-corrected chi connectivity index (χ2v) is 6.62. The van der Waals surface area contributed by atoms with Crippen LogP contribution in [0.15, 0.2) is 54.6 Å². The Bertz CT molecular complexity index is 789. The maximum atomic E-state index is 12.9. The average molecular weight is 340 g/mol. The van der Waals surface area contributed by atoms with Crippen LogP contribution in [0, 0.1) is 5.41 Å². The first-order valence-corrected chi connectivity index (χ1v) is 8.01. The summed E-state index contributed by atoms with van der Waals surface area (Å²) in [5.41, 5.74) is 1.02. The van der Waals surface area contributed by atoms with Crippen molar-refractivity contribution in [1.82, 2.24) is 5.01 Å². The molecule has 0 atom stereocenters. The summed E-state index contributed by atoms with van der Waals surface area (Å²) in [4.78, 5) is 23.8. The quantitative estimate of drug-likeness (QED) is 0.681. The van der Waals surface area contributed by atoms with Gasteiger partial charge >= 0.3 is 6.16 Å². The summed E-state index contributed by atoms with van der Waals surface area (Å²) < 4.78 is 4.84. The number of anilines is 1. The van der Waals surface area contributed by atoms with Crippen LogP contribution in [-0.4, -0.2) is 28.7 Å². The van der Waals surface area contributed by atoms with Gasteiger partial charge < -0.3 is 9.84 Å².